The minimum atomic E-state index is -4.50. The Morgan fingerprint density at radius 1 is 1.20 bits per heavy atom. The molecule has 0 radical (unpaired) electrons. The summed E-state index contributed by atoms with van der Waals surface area (Å²) in [4.78, 5) is 37.6. The Balaban J connectivity index is 3.02. The predicted octanol–water partition coefficient (Wildman–Crippen LogP) is -0.238. The largest absolute Gasteiger partial charge is 0.343 e. The smallest absolute Gasteiger partial charge is 0.324 e. The van der Waals surface area contributed by atoms with Crippen LogP contribution in [0, 0.1) is 0 Å². The highest BCUT2D eigenvalue weighted by Crippen LogP contribution is 2.58. The lowest BCUT2D eigenvalue weighted by Crippen LogP contribution is -2.34. The van der Waals surface area contributed by atoms with Crippen LogP contribution >= 0.6 is 15.2 Å². The molecule has 0 aromatic carbocycles. The quantitative estimate of drug-likeness (QED) is 0.516. The van der Waals surface area contributed by atoms with E-state index in [4.69, 9.17) is 19.6 Å². The molecule has 9 heteroatoms. The van der Waals surface area contributed by atoms with Crippen LogP contribution < -0.4 is 0 Å². The molecule has 1 heterocycles. The third kappa shape index (κ3) is 2.88. The molecule has 90 valence electrons. The molecule has 1 aliphatic rings. The van der Waals surface area contributed by atoms with Gasteiger partial charge in [0.1, 0.15) is 5.78 Å². The first-order chi connectivity index (χ1) is 6.68. The maximum absolute atomic E-state index is 11.2. The van der Waals surface area contributed by atoms with Crippen LogP contribution in [0.15, 0.2) is 0 Å². The Labute approximate surface area is 87.4 Å². The van der Waals surface area contributed by atoms with Gasteiger partial charge in [-0.15, -0.1) is 0 Å². The first-order valence-corrected chi connectivity index (χ1v) is 7.88. The third-order valence-corrected chi connectivity index (χ3v) is 5.63. The minimum absolute atomic E-state index is 0.119. The van der Waals surface area contributed by atoms with Crippen LogP contribution in [0.3, 0.4) is 0 Å². The highest BCUT2D eigenvalue weighted by Gasteiger charge is 2.51. The second-order valence-electron chi connectivity index (χ2n) is 3.58. The van der Waals surface area contributed by atoms with Crippen LogP contribution in [-0.2, 0) is 9.13 Å². The fourth-order valence-electron chi connectivity index (χ4n) is 1.95. The van der Waals surface area contributed by atoms with E-state index < -0.39 is 26.6 Å². The predicted molar refractivity (Wildman–Crippen MR) is 53.5 cm³/mol. The Bertz CT molecular complexity index is 322. The van der Waals surface area contributed by atoms with Gasteiger partial charge in [-0.1, -0.05) is 6.92 Å². The number of likely N-dealkylation sites (tertiary alicyclic amines) is 1. The van der Waals surface area contributed by atoms with E-state index in [1.807, 2.05) is 0 Å². The third-order valence-electron chi connectivity index (χ3n) is 2.61. The standard InChI is InChI=1S/C6H15NO6P2/c1-2-7-4-3-5(14(8,9)10)6(7)15(11,12)13/h5-6H,2-4H2,1H3,(H2,8,9,10)(H2,11,12,13). The molecular weight excluding hydrogens is 244 g/mol. The molecule has 0 aliphatic carbocycles. The maximum Gasteiger partial charge on any atom is 0.343 e. The van der Waals surface area contributed by atoms with E-state index in [1.54, 1.807) is 6.92 Å². The fraction of sp³-hybridized carbons (Fsp3) is 1.00. The average Bonchev–Trinajstić information content (AvgIpc) is 2.44. The Morgan fingerprint density at radius 3 is 2.07 bits per heavy atom. The summed E-state index contributed by atoms with van der Waals surface area (Å²) in [5.74, 6) is -1.34. The monoisotopic (exact) mass is 259 g/mol. The normalized spacial score (nSPS) is 29.7. The van der Waals surface area contributed by atoms with E-state index in [-0.39, 0.29) is 6.42 Å². The van der Waals surface area contributed by atoms with Crippen molar-refractivity contribution >= 4 is 15.2 Å². The summed E-state index contributed by atoms with van der Waals surface area (Å²) >= 11 is 0. The highest BCUT2D eigenvalue weighted by atomic mass is 31.2. The molecule has 0 amide bonds. The zero-order valence-electron chi connectivity index (χ0n) is 8.22. The van der Waals surface area contributed by atoms with Crippen LogP contribution in [0.1, 0.15) is 13.3 Å². The van der Waals surface area contributed by atoms with Gasteiger partial charge in [-0.3, -0.25) is 14.0 Å². The average molecular weight is 259 g/mol. The molecule has 1 rings (SSSR count). The lowest BCUT2D eigenvalue weighted by atomic mass is 10.4. The summed E-state index contributed by atoms with van der Waals surface area (Å²) in [7, 11) is -8.96. The van der Waals surface area contributed by atoms with Crippen molar-refractivity contribution in [1.82, 2.24) is 4.90 Å². The molecule has 0 aromatic heterocycles. The molecule has 2 atom stereocenters. The van der Waals surface area contributed by atoms with Crippen molar-refractivity contribution in [2.45, 2.75) is 24.8 Å². The van der Waals surface area contributed by atoms with E-state index in [9.17, 15) is 9.13 Å². The van der Waals surface area contributed by atoms with Crippen LogP contribution in [0.25, 0.3) is 0 Å². The summed E-state index contributed by atoms with van der Waals surface area (Å²) in [5.41, 5.74) is -1.25. The van der Waals surface area contributed by atoms with Gasteiger partial charge in [-0.25, -0.2) is 0 Å². The summed E-state index contributed by atoms with van der Waals surface area (Å²) in [6.45, 7) is 2.37. The van der Waals surface area contributed by atoms with Gasteiger partial charge in [0, 0.05) is 6.54 Å². The van der Waals surface area contributed by atoms with Crippen molar-refractivity contribution in [2.24, 2.45) is 0 Å². The SMILES string of the molecule is CCN1CCC(P(=O)(O)O)C1P(=O)(O)O. The second-order valence-corrected chi connectivity index (χ2v) is 7.13. The zero-order chi connectivity index (χ0) is 11.9. The molecule has 1 aliphatic heterocycles. The second kappa shape index (κ2) is 4.26. The number of nitrogens with zero attached hydrogens (tertiary/aromatic N) is 1. The Morgan fingerprint density at radius 2 is 1.73 bits per heavy atom. The molecule has 2 unspecified atom stereocenters. The first kappa shape index (κ1) is 13.3. The van der Waals surface area contributed by atoms with Gasteiger partial charge in [-0.05, 0) is 13.0 Å². The minimum Gasteiger partial charge on any atom is -0.324 e. The topological polar surface area (TPSA) is 118 Å². The maximum atomic E-state index is 11.2. The molecule has 4 N–H and O–H groups in total. The van der Waals surface area contributed by atoms with Crippen molar-refractivity contribution in [3.63, 3.8) is 0 Å². The summed E-state index contributed by atoms with van der Waals surface area (Å²) < 4.78 is 22.2. The van der Waals surface area contributed by atoms with E-state index in [2.05, 4.69) is 0 Å². The summed E-state index contributed by atoms with van der Waals surface area (Å²) in [5, 5.41) is 0. The fourth-order valence-corrected chi connectivity index (χ4v) is 5.28. The molecule has 7 nitrogen and oxygen atoms in total. The van der Waals surface area contributed by atoms with E-state index in [1.165, 1.54) is 4.90 Å². The molecule has 1 saturated heterocycles. The van der Waals surface area contributed by atoms with Gasteiger partial charge in [0.25, 0.3) is 0 Å². The lowest BCUT2D eigenvalue weighted by molar-refractivity contribution is 0.259. The van der Waals surface area contributed by atoms with Gasteiger partial charge in [0.2, 0.25) is 0 Å². The van der Waals surface area contributed by atoms with E-state index in [0.29, 0.717) is 13.1 Å². The molecule has 0 aromatic rings. The van der Waals surface area contributed by atoms with Crippen molar-refractivity contribution < 1.29 is 28.7 Å². The van der Waals surface area contributed by atoms with Crippen molar-refractivity contribution in [3.8, 4) is 0 Å². The van der Waals surface area contributed by atoms with Gasteiger partial charge in [0.05, 0.1) is 5.66 Å². The number of hydrogen-bond donors (Lipinski definition) is 4. The number of rotatable bonds is 3. The van der Waals surface area contributed by atoms with Gasteiger partial charge < -0.3 is 19.6 Å². The van der Waals surface area contributed by atoms with Gasteiger partial charge in [0.15, 0.2) is 0 Å². The van der Waals surface area contributed by atoms with Crippen LogP contribution in [0.5, 0.6) is 0 Å². The Hall–Kier alpha value is 0.260. The summed E-state index contributed by atoms with van der Waals surface area (Å²) in [6.07, 6.45) is 0.119. The van der Waals surface area contributed by atoms with Crippen molar-refractivity contribution in [3.05, 3.63) is 0 Å². The molecule has 1 fully saturated rings. The van der Waals surface area contributed by atoms with Crippen LogP contribution in [0.4, 0.5) is 0 Å². The van der Waals surface area contributed by atoms with Gasteiger partial charge >= 0.3 is 15.2 Å². The molecule has 0 bridgehead atoms. The molecule has 0 spiro atoms. The molecule has 0 saturated carbocycles. The molecular formula is C6H15NO6P2. The zero-order valence-corrected chi connectivity index (χ0v) is 10.0. The van der Waals surface area contributed by atoms with Crippen molar-refractivity contribution in [1.29, 1.82) is 0 Å². The van der Waals surface area contributed by atoms with Crippen LogP contribution in [0.2, 0.25) is 0 Å². The van der Waals surface area contributed by atoms with Crippen molar-refractivity contribution in [2.75, 3.05) is 13.1 Å². The van der Waals surface area contributed by atoms with Gasteiger partial charge in [-0.2, -0.15) is 0 Å². The Kier molecular flexibility index (Phi) is 3.78. The summed E-state index contributed by atoms with van der Waals surface area (Å²) in [6, 6.07) is 0. The first-order valence-electron chi connectivity index (χ1n) is 4.52. The highest BCUT2D eigenvalue weighted by molar-refractivity contribution is 7.57. The lowest BCUT2D eigenvalue weighted by Gasteiger charge is -2.27. The number of hydrogen-bond acceptors (Lipinski definition) is 3. The van der Waals surface area contributed by atoms with E-state index >= 15 is 0 Å². The van der Waals surface area contributed by atoms with E-state index in [0.717, 1.165) is 0 Å². The molecule has 15 heavy (non-hydrogen) atoms. The van der Waals surface area contributed by atoms with Crippen LogP contribution in [-0.4, -0.2) is 49.0 Å².